The summed E-state index contributed by atoms with van der Waals surface area (Å²) in [5.74, 6) is 1.50. The predicted molar refractivity (Wildman–Crippen MR) is 82.9 cm³/mol. The number of nitrogens with zero attached hydrogens (tertiary/aromatic N) is 1. The maximum atomic E-state index is 5.57. The zero-order valence-electron chi connectivity index (χ0n) is 12.0. The molecule has 0 atom stereocenters. The molecule has 1 aromatic rings. The van der Waals surface area contributed by atoms with Crippen LogP contribution in [0.2, 0.25) is 0 Å². The van der Waals surface area contributed by atoms with Crippen LogP contribution < -0.4 is 10.1 Å². The first-order valence-electron chi connectivity index (χ1n) is 6.91. The average Bonchev–Trinajstić information content (AvgIpc) is 2.39. The van der Waals surface area contributed by atoms with Gasteiger partial charge in [-0.15, -0.1) is 0 Å². The van der Waals surface area contributed by atoms with Gasteiger partial charge in [0.1, 0.15) is 5.75 Å². The van der Waals surface area contributed by atoms with Gasteiger partial charge in [0, 0.05) is 42.8 Å². The van der Waals surface area contributed by atoms with E-state index in [9.17, 15) is 0 Å². The molecule has 3 nitrogen and oxygen atoms in total. The Balaban J connectivity index is 2.21. The zero-order chi connectivity index (χ0) is 13.8. The lowest BCUT2D eigenvalue weighted by atomic mass is 10.0. The zero-order valence-corrected chi connectivity index (χ0v) is 13.6. The Kier molecular flexibility index (Phi) is 5.25. The molecule has 1 aliphatic heterocycles. The van der Waals surface area contributed by atoms with Gasteiger partial charge in [0.05, 0.1) is 7.11 Å². The molecule has 1 fully saturated rings. The van der Waals surface area contributed by atoms with Crippen LogP contribution in [0.1, 0.15) is 30.9 Å². The van der Waals surface area contributed by atoms with Crippen LogP contribution >= 0.6 is 15.9 Å². The van der Waals surface area contributed by atoms with Gasteiger partial charge in [0.25, 0.3) is 0 Å². The average molecular weight is 327 g/mol. The number of ether oxygens (including phenoxy) is 1. The van der Waals surface area contributed by atoms with Gasteiger partial charge >= 0.3 is 0 Å². The number of piperazine rings is 1. The fourth-order valence-electron chi connectivity index (χ4n) is 2.48. The third-order valence-corrected chi connectivity index (χ3v) is 4.31. The van der Waals surface area contributed by atoms with E-state index < -0.39 is 0 Å². The van der Waals surface area contributed by atoms with Crippen LogP contribution in [0.4, 0.5) is 0 Å². The second kappa shape index (κ2) is 6.73. The van der Waals surface area contributed by atoms with Gasteiger partial charge in [0.15, 0.2) is 0 Å². The molecule has 0 aliphatic carbocycles. The highest BCUT2D eigenvalue weighted by Crippen LogP contribution is 2.32. The van der Waals surface area contributed by atoms with Crippen molar-refractivity contribution < 1.29 is 4.74 Å². The highest BCUT2D eigenvalue weighted by molar-refractivity contribution is 9.10. The molecule has 0 bridgehead atoms. The number of rotatable bonds is 4. The van der Waals surface area contributed by atoms with Crippen LogP contribution in [0.15, 0.2) is 16.6 Å². The van der Waals surface area contributed by atoms with Crippen molar-refractivity contribution >= 4 is 15.9 Å². The van der Waals surface area contributed by atoms with E-state index >= 15 is 0 Å². The Bertz CT molecular complexity index is 428. The molecule has 1 aliphatic rings. The molecule has 4 heteroatoms. The van der Waals surface area contributed by atoms with Gasteiger partial charge in [0.2, 0.25) is 0 Å². The van der Waals surface area contributed by atoms with E-state index in [1.807, 2.05) is 0 Å². The van der Waals surface area contributed by atoms with Crippen LogP contribution in [-0.2, 0) is 6.54 Å². The number of benzene rings is 1. The molecule has 106 valence electrons. The van der Waals surface area contributed by atoms with Gasteiger partial charge < -0.3 is 10.1 Å². The summed E-state index contributed by atoms with van der Waals surface area (Å²) >= 11 is 3.69. The molecule has 0 saturated carbocycles. The maximum Gasteiger partial charge on any atom is 0.123 e. The highest BCUT2D eigenvalue weighted by Gasteiger charge is 2.15. The minimum Gasteiger partial charge on any atom is -0.496 e. The second-order valence-corrected chi connectivity index (χ2v) is 6.22. The van der Waals surface area contributed by atoms with Crippen LogP contribution in [0.25, 0.3) is 0 Å². The molecule has 0 spiro atoms. The van der Waals surface area contributed by atoms with Crippen molar-refractivity contribution in [2.45, 2.75) is 26.3 Å². The molecule has 0 aromatic heterocycles. The molecule has 1 saturated heterocycles. The van der Waals surface area contributed by atoms with E-state index in [2.05, 4.69) is 52.1 Å². The van der Waals surface area contributed by atoms with Crippen molar-refractivity contribution in [1.82, 2.24) is 10.2 Å². The normalized spacial score (nSPS) is 16.9. The van der Waals surface area contributed by atoms with E-state index in [0.29, 0.717) is 5.92 Å². The van der Waals surface area contributed by atoms with Gasteiger partial charge in [-0.05, 0) is 23.6 Å². The van der Waals surface area contributed by atoms with Crippen molar-refractivity contribution in [2.24, 2.45) is 0 Å². The largest absolute Gasteiger partial charge is 0.496 e. The minimum atomic E-state index is 0.497. The topological polar surface area (TPSA) is 24.5 Å². The Morgan fingerprint density at radius 3 is 2.58 bits per heavy atom. The first-order chi connectivity index (χ1) is 9.11. The molecule has 1 heterocycles. The molecular formula is C15H23BrN2O. The van der Waals surface area contributed by atoms with Gasteiger partial charge in [-0.25, -0.2) is 0 Å². The smallest absolute Gasteiger partial charge is 0.123 e. The van der Waals surface area contributed by atoms with Gasteiger partial charge in [-0.2, -0.15) is 0 Å². The molecule has 1 N–H and O–H groups in total. The van der Waals surface area contributed by atoms with Gasteiger partial charge in [-0.1, -0.05) is 29.8 Å². The van der Waals surface area contributed by atoms with Crippen molar-refractivity contribution in [3.05, 3.63) is 27.7 Å². The monoisotopic (exact) mass is 326 g/mol. The number of nitrogens with one attached hydrogen (secondary N) is 1. The third-order valence-electron chi connectivity index (χ3n) is 3.63. The fraction of sp³-hybridized carbons (Fsp3) is 0.600. The van der Waals surface area contributed by atoms with Crippen LogP contribution in [0, 0.1) is 0 Å². The van der Waals surface area contributed by atoms with E-state index in [1.54, 1.807) is 7.11 Å². The molecule has 19 heavy (non-hydrogen) atoms. The number of halogens is 1. The molecular weight excluding hydrogens is 304 g/mol. The van der Waals surface area contributed by atoms with E-state index in [0.717, 1.165) is 38.5 Å². The molecule has 2 rings (SSSR count). The molecule has 0 radical (unpaired) electrons. The standard InChI is InChI=1S/C15H23BrN2O/c1-11(2)13-9-15(19-3)12(8-14(13)16)10-18-6-4-17-5-7-18/h8-9,11,17H,4-7,10H2,1-3H3. The molecule has 0 amide bonds. The Morgan fingerprint density at radius 1 is 1.32 bits per heavy atom. The first kappa shape index (κ1) is 14.8. The van der Waals surface area contributed by atoms with Crippen LogP contribution in [0.3, 0.4) is 0 Å². The lowest BCUT2D eigenvalue weighted by Gasteiger charge is -2.28. The van der Waals surface area contributed by atoms with Crippen molar-refractivity contribution in [3.8, 4) is 5.75 Å². The van der Waals surface area contributed by atoms with Crippen LogP contribution in [0.5, 0.6) is 5.75 Å². The Labute approximate surface area is 124 Å². The fourth-order valence-corrected chi connectivity index (χ4v) is 3.33. The number of methoxy groups -OCH3 is 1. The van der Waals surface area contributed by atoms with E-state index in [-0.39, 0.29) is 0 Å². The molecule has 0 unspecified atom stereocenters. The van der Waals surface area contributed by atoms with E-state index in [1.165, 1.54) is 15.6 Å². The lowest BCUT2D eigenvalue weighted by Crippen LogP contribution is -2.42. The van der Waals surface area contributed by atoms with Crippen molar-refractivity contribution in [2.75, 3.05) is 33.3 Å². The summed E-state index contributed by atoms with van der Waals surface area (Å²) < 4.78 is 6.76. The summed E-state index contributed by atoms with van der Waals surface area (Å²) in [5, 5.41) is 3.38. The summed E-state index contributed by atoms with van der Waals surface area (Å²) in [5.41, 5.74) is 2.57. The highest BCUT2D eigenvalue weighted by atomic mass is 79.9. The maximum absolute atomic E-state index is 5.57. The van der Waals surface area contributed by atoms with Gasteiger partial charge in [-0.3, -0.25) is 4.90 Å². The van der Waals surface area contributed by atoms with Crippen molar-refractivity contribution in [3.63, 3.8) is 0 Å². The minimum absolute atomic E-state index is 0.497. The summed E-state index contributed by atoms with van der Waals surface area (Å²) in [4.78, 5) is 2.47. The number of hydrogen-bond donors (Lipinski definition) is 1. The summed E-state index contributed by atoms with van der Waals surface area (Å²) in [7, 11) is 1.76. The molecule has 1 aromatic carbocycles. The Hall–Kier alpha value is -0.580. The quantitative estimate of drug-likeness (QED) is 0.920. The first-order valence-corrected chi connectivity index (χ1v) is 7.70. The second-order valence-electron chi connectivity index (χ2n) is 5.37. The lowest BCUT2D eigenvalue weighted by molar-refractivity contribution is 0.230. The SMILES string of the molecule is COc1cc(C(C)C)c(Br)cc1CN1CCNCC1. The van der Waals surface area contributed by atoms with E-state index in [4.69, 9.17) is 4.74 Å². The summed E-state index contributed by atoms with van der Waals surface area (Å²) in [6, 6.07) is 4.39. The Morgan fingerprint density at radius 2 is 2.00 bits per heavy atom. The van der Waals surface area contributed by atoms with Crippen LogP contribution in [-0.4, -0.2) is 38.2 Å². The number of hydrogen-bond acceptors (Lipinski definition) is 3. The predicted octanol–water partition coefficient (Wildman–Crippen LogP) is 2.99. The third kappa shape index (κ3) is 3.71. The summed E-state index contributed by atoms with van der Waals surface area (Å²) in [6.07, 6.45) is 0. The van der Waals surface area contributed by atoms with Crippen molar-refractivity contribution in [1.29, 1.82) is 0 Å². The summed E-state index contributed by atoms with van der Waals surface area (Å²) in [6.45, 7) is 9.73.